The summed E-state index contributed by atoms with van der Waals surface area (Å²) in [6.07, 6.45) is -3.50. The first-order valence-electron chi connectivity index (χ1n) is 3.52. The minimum Gasteiger partial charge on any atom is -0.395 e. The third-order valence-electron chi connectivity index (χ3n) is 1.31. The summed E-state index contributed by atoms with van der Waals surface area (Å²) in [5, 5.41) is 0. The van der Waals surface area contributed by atoms with Crippen molar-refractivity contribution in [3.05, 3.63) is 37.4 Å². The summed E-state index contributed by atoms with van der Waals surface area (Å²) in [4.78, 5) is 0. The van der Waals surface area contributed by atoms with Crippen LogP contribution < -0.4 is 9.47 Å². The molecular weight excluding hydrogens is 178 g/mol. The van der Waals surface area contributed by atoms with E-state index < -0.39 is 6.29 Å². The predicted octanol–water partition coefficient (Wildman–Crippen LogP) is 2.81. The van der Waals surface area contributed by atoms with E-state index in [1.807, 2.05) is 0 Å². The number of alkyl halides is 2. The Morgan fingerprint density at radius 1 is 1.00 bits per heavy atom. The number of rotatable bonds is 0. The largest absolute Gasteiger partial charge is 0.586 e. The Morgan fingerprint density at radius 2 is 1.38 bits per heavy atom. The van der Waals surface area contributed by atoms with Gasteiger partial charge in [0.1, 0.15) is 0 Å². The third-order valence-corrected chi connectivity index (χ3v) is 1.31. The Bertz CT molecular complexity index is 272. The minimum absolute atomic E-state index is 0.0810. The van der Waals surface area contributed by atoms with E-state index in [0.29, 0.717) is 0 Å². The van der Waals surface area contributed by atoms with Crippen LogP contribution in [-0.2, 0) is 0 Å². The molecule has 0 spiro atoms. The van der Waals surface area contributed by atoms with E-state index in [1.165, 1.54) is 12.1 Å². The van der Waals surface area contributed by atoms with E-state index in [4.69, 9.17) is 0 Å². The van der Waals surface area contributed by atoms with E-state index in [0.717, 1.165) is 0 Å². The molecule has 0 aliphatic carbocycles. The monoisotopic (exact) mass is 186 g/mol. The molecule has 1 aliphatic rings. The van der Waals surface area contributed by atoms with E-state index in [-0.39, 0.29) is 11.5 Å². The normalized spacial score (nSPS) is 15.8. The molecule has 0 atom stereocenters. The number of hydrogen-bond acceptors (Lipinski definition) is 2. The topological polar surface area (TPSA) is 18.5 Å². The van der Waals surface area contributed by atoms with Gasteiger partial charge in [0.15, 0.2) is 11.5 Å². The van der Waals surface area contributed by atoms with Crippen molar-refractivity contribution in [2.24, 2.45) is 0 Å². The zero-order valence-corrected chi connectivity index (χ0v) is 6.80. The van der Waals surface area contributed by atoms with Crippen LogP contribution in [-0.4, -0.2) is 6.29 Å². The molecule has 70 valence electrons. The van der Waals surface area contributed by atoms with Gasteiger partial charge in [0.25, 0.3) is 0 Å². The van der Waals surface area contributed by atoms with Crippen molar-refractivity contribution in [3.63, 3.8) is 0 Å². The summed E-state index contributed by atoms with van der Waals surface area (Å²) in [6, 6.07) is 6.06. The maximum atomic E-state index is 12.3. The van der Waals surface area contributed by atoms with Gasteiger partial charge in [0, 0.05) is 0 Å². The van der Waals surface area contributed by atoms with Gasteiger partial charge in [-0.3, -0.25) is 0 Å². The highest BCUT2D eigenvalue weighted by Gasteiger charge is 2.42. The maximum Gasteiger partial charge on any atom is 0.586 e. The molecule has 4 heteroatoms. The average molecular weight is 186 g/mol. The van der Waals surface area contributed by atoms with Crippen LogP contribution in [0.1, 0.15) is 0 Å². The van der Waals surface area contributed by atoms with Crippen molar-refractivity contribution in [2.45, 2.75) is 6.29 Å². The molecular formula is C9H8F2O2. The van der Waals surface area contributed by atoms with Crippen LogP contribution in [0.2, 0.25) is 0 Å². The van der Waals surface area contributed by atoms with Crippen LogP contribution in [0.15, 0.2) is 37.4 Å². The Hall–Kier alpha value is -1.58. The lowest BCUT2D eigenvalue weighted by atomic mass is 10.3. The molecule has 13 heavy (non-hydrogen) atoms. The summed E-state index contributed by atoms with van der Waals surface area (Å²) in [5.74, 6) is 0.162. The zero-order chi connectivity index (χ0) is 9.90. The molecule has 1 aromatic carbocycles. The Kier molecular flexibility index (Phi) is 2.51. The zero-order valence-electron chi connectivity index (χ0n) is 6.80. The Balaban J connectivity index is 0.000000396. The van der Waals surface area contributed by atoms with Crippen LogP contribution in [0.4, 0.5) is 8.78 Å². The first-order valence-corrected chi connectivity index (χ1v) is 3.52. The van der Waals surface area contributed by atoms with Gasteiger partial charge < -0.3 is 9.47 Å². The SMILES string of the molecule is C=C.FC1(F)Oc2ccccc2O1. The summed E-state index contributed by atoms with van der Waals surface area (Å²) in [5.41, 5.74) is 0. The van der Waals surface area contributed by atoms with Crippen molar-refractivity contribution in [2.75, 3.05) is 0 Å². The van der Waals surface area contributed by atoms with Crippen LogP contribution in [0.3, 0.4) is 0 Å². The lowest BCUT2D eigenvalue weighted by molar-refractivity contribution is -0.286. The highest BCUT2D eigenvalue weighted by Crippen LogP contribution is 2.39. The molecule has 0 bridgehead atoms. The number of hydrogen-bond donors (Lipinski definition) is 0. The fourth-order valence-electron chi connectivity index (χ4n) is 0.896. The van der Waals surface area contributed by atoms with Crippen LogP contribution >= 0.6 is 0 Å². The maximum absolute atomic E-state index is 12.3. The van der Waals surface area contributed by atoms with Crippen LogP contribution in [0.25, 0.3) is 0 Å². The van der Waals surface area contributed by atoms with E-state index in [1.54, 1.807) is 12.1 Å². The van der Waals surface area contributed by atoms with Crippen molar-refractivity contribution in [1.29, 1.82) is 0 Å². The fraction of sp³-hybridized carbons (Fsp3) is 0.111. The van der Waals surface area contributed by atoms with Gasteiger partial charge >= 0.3 is 6.29 Å². The fourth-order valence-corrected chi connectivity index (χ4v) is 0.896. The van der Waals surface area contributed by atoms with Crippen LogP contribution in [0.5, 0.6) is 11.5 Å². The average Bonchev–Trinajstić information content (AvgIpc) is 2.41. The van der Waals surface area contributed by atoms with Gasteiger partial charge in [-0.2, -0.15) is 0 Å². The second kappa shape index (κ2) is 3.43. The van der Waals surface area contributed by atoms with Gasteiger partial charge in [0.2, 0.25) is 0 Å². The van der Waals surface area contributed by atoms with E-state index >= 15 is 0 Å². The van der Waals surface area contributed by atoms with Gasteiger partial charge in [-0.1, -0.05) is 12.1 Å². The first-order chi connectivity index (χ1) is 6.17. The molecule has 1 heterocycles. The minimum atomic E-state index is -3.50. The lowest BCUT2D eigenvalue weighted by Crippen LogP contribution is -2.25. The summed E-state index contributed by atoms with van der Waals surface area (Å²) >= 11 is 0. The lowest BCUT2D eigenvalue weighted by Gasteiger charge is -2.04. The highest BCUT2D eigenvalue weighted by atomic mass is 19.3. The molecule has 0 amide bonds. The number of para-hydroxylation sites is 2. The molecule has 0 radical (unpaired) electrons. The molecule has 0 fully saturated rings. The van der Waals surface area contributed by atoms with Gasteiger partial charge in [0.05, 0.1) is 0 Å². The smallest absolute Gasteiger partial charge is 0.395 e. The molecule has 2 rings (SSSR count). The molecule has 1 aromatic rings. The summed E-state index contributed by atoms with van der Waals surface area (Å²) in [6.45, 7) is 6.00. The standard InChI is InChI=1S/C7H4F2O2.C2H4/c8-7(9)10-5-3-1-2-4-6(5)11-7;1-2/h1-4H;1-2H2. The van der Waals surface area contributed by atoms with Crippen molar-refractivity contribution in [3.8, 4) is 11.5 Å². The second-order valence-corrected chi connectivity index (χ2v) is 2.11. The number of fused-ring (bicyclic) bond motifs is 1. The predicted molar refractivity (Wildman–Crippen MR) is 43.9 cm³/mol. The summed E-state index contributed by atoms with van der Waals surface area (Å²) < 4.78 is 32.9. The molecule has 0 unspecified atom stereocenters. The van der Waals surface area contributed by atoms with Crippen LogP contribution in [0, 0.1) is 0 Å². The summed E-state index contributed by atoms with van der Waals surface area (Å²) in [7, 11) is 0. The molecule has 0 N–H and O–H groups in total. The highest BCUT2D eigenvalue weighted by molar-refractivity contribution is 5.41. The molecule has 1 aliphatic heterocycles. The molecule has 2 nitrogen and oxygen atoms in total. The third kappa shape index (κ3) is 1.96. The Labute approximate surface area is 74.4 Å². The quantitative estimate of drug-likeness (QED) is 0.580. The number of benzene rings is 1. The van der Waals surface area contributed by atoms with E-state index in [9.17, 15) is 8.78 Å². The molecule has 0 saturated carbocycles. The van der Waals surface area contributed by atoms with Gasteiger partial charge in [-0.25, -0.2) is 0 Å². The van der Waals surface area contributed by atoms with Crippen molar-refractivity contribution in [1.82, 2.24) is 0 Å². The number of ether oxygens (including phenoxy) is 2. The van der Waals surface area contributed by atoms with E-state index in [2.05, 4.69) is 22.6 Å². The van der Waals surface area contributed by atoms with Gasteiger partial charge in [-0.05, 0) is 12.1 Å². The second-order valence-electron chi connectivity index (χ2n) is 2.11. The van der Waals surface area contributed by atoms with Crippen molar-refractivity contribution >= 4 is 0 Å². The molecule has 0 aromatic heterocycles. The Morgan fingerprint density at radius 3 is 1.77 bits per heavy atom. The first kappa shape index (κ1) is 9.51. The number of halogens is 2. The van der Waals surface area contributed by atoms with Gasteiger partial charge in [-0.15, -0.1) is 21.9 Å². The van der Waals surface area contributed by atoms with Crippen molar-refractivity contribution < 1.29 is 18.3 Å². The molecule has 0 saturated heterocycles.